The molecule has 0 saturated carbocycles. The summed E-state index contributed by atoms with van der Waals surface area (Å²) in [4.78, 5) is 5.47. The number of ether oxygens (including phenoxy) is 1. The third-order valence-electron chi connectivity index (χ3n) is 17.5. The molecule has 4 nitrogen and oxygen atoms in total. The minimum atomic E-state index is 0.0125. The van der Waals surface area contributed by atoms with E-state index in [1.54, 1.807) is 0 Å². The average Bonchev–Trinajstić information content (AvgIpc) is 4.01. The van der Waals surface area contributed by atoms with Gasteiger partial charge in [-0.2, -0.15) is 0 Å². The number of furan rings is 1. The number of allylic oxidation sites excluding steroid dienone is 14. The minimum Gasteiger partial charge on any atom is -0.483 e. The molecule has 69 heavy (non-hydrogen) atoms. The SMILES string of the molecule is CC(C)(C)C1=CCC2B3C4=CC=CC5c6c(oc7ccccc67)N(c6cc(C(Cc7ccc(C(C)(C)C)cc7)C7C=CC(C(C)(C)C)=CC7)cc(c63)N(C3=C6OC7CCCC=C7C6=CCC3)C2=C1)C45. The molecule has 6 atom stereocenters. The second kappa shape index (κ2) is 15.4. The summed E-state index contributed by atoms with van der Waals surface area (Å²) in [6.45, 7) is 21.4. The van der Waals surface area contributed by atoms with Crippen molar-refractivity contribution in [2.75, 3.05) is 9.80 Å². The van der Waals surface area contributed by atoms with Gasteiger partial charge in [-0.25, -0.2) is 0 Å². The summed E-state index contributed by atoms with van der Waals surface area (Å²) < 4.78 is 14.4. The topological polar surface area (TPSA) is 28.9 Å². The summed E-state index contributed by atoms with van der Waals surface area (Å²) in [7, 11) is 0. The standard InChI is InChI=1S/C64H69BN2O2/c1-62(2,3)41-28-24-38(25-29-41)34-48(39-26-30-42(31-27-39)63(4,5)6)40-35-53-58-54(36-40)67-59-47(57-46-17-11-13-23-56(46)69-61(57)67)19-14-20-50(59)65(58)49-33-32-43(64(7,8)9)37-52(49)66(53)51-21-15-18-45-44-16-10-12-22-55(44)68-60(45)51/h11,13-14,16-20,23-26,28-32,35-37,39,47-49,55,59H,10,12,15,21-22,27,33-34H2,1-9H3. The molecule has 0 amide bonds. The van der Waals surface area contributed by atoms with Crippen LogP contribution in [0.1, 0.15) is 141 Å². The molecule has 1 aromatic heterocycles. The Morgan fingerprint density at radius 3 is 2.35 bits per heavy atom. The first-order valence-electron chi connectivity index (χ1n) is 26.5. The van der Waals surface area contributed by atoms with Gasteiger partial charge < -0.3 is 19.0 Å². The molecular formula is C64H69BN2O2. The highest BCUT2D eigenvalue weighted by atomic mass is 16.5. The van der Waals surface area contributed by atoms with E-state index in [4.69, 9.17) is 9.15 Å². The Labute approximate surface area is 411 Å². The van der Waals surface area contributed by atoms with Crippen molar-refractivity contribution in [3.63, 3.8) is 0 Å². The molecule has 3 aromatic carbocycles. The minimum absolute atomic E-state index is 0.0125. The molecule has 5 heterocycles. The van der Waals surface area contributed by atoms with Crippen molar-refractivity contribution in [1.82, 2.24) is 0 Å². The van der Waals surface area contributed by atoms with E-state index < -0.39 is 0 Å². The van der Waals surface area contributed by atoms with Gasteiger partial charge in [-0.05, 0) is 148 Å². The van der Waals surface area contributed by atoms with Crippen molar-refractivity contribution >= 4 is 40.4 Å². The summed E-state index contributed by atoms with van der Waals surface area (Å²) in [6.07, 6.45) is 33.6. The van der Waals surface area contributed by atoms with E-state index in [1.165, 1.54) is 90.1 Å². The van der Waals surface area contributed by atoms with Gasteiger partial charge in [0.1, 0.15) is 17.4 Å². The highest BCUT2D eigenvalue weighted by molar-refractivity contribution is 6.86. The first-order valence-corrected chi connectivity index (χ1v) is 26.5. The summed E-state index contributed by atoms with van der Waals surface area (Å²) in [5.74, 6) is 3.20. The molecule has 1 saturated heterocycles. The van der Waals surface area contributed by atoms with Crippen molar-refractivity contribution < 1.29 is 9.15 Å². The number of fused-ring (bicyclic) bond motifs is 12. The molecule has 6 unspecified atom stereocenters. The maximum Gasteiger partial charge on any atom is 0.221 e. The van der Waals surface area contributed by atoms with E-state index >= 15 is 0 Å². The Morgan fingerprint density at radius 1 is 0.797 bits per heavy atom. The van der Waals surface area contributed by atoms with Gasteiger partial charge in [0.05, 0.1) is 11.7 Å². The smallest absolute Gasteiger partial charge is 0.221 e. The van der Waals surface area contributed by atoms with Gasteiger partial charge >= 0.3 is 0 Å². The Balaban J connectivity index is 1.08. The van der Waals surface area contributed by atoms with Crippen LogP contribution in [0.4, 0.5) is 17.3 Å². The van der Waals surface area contributed by atoms with Crippen LogP contribution < -0.4 is 15.3 Å². The lowest BCUT2D eigenvalue weighted by atomic mass is 9.27. The number of para-hydroxylation sites is 1. The Morgan fingerprint density at radius 2 is 1.58 bits per heavy atom. The molecule has 4 aromatic rings. The fourth-order valence-corrected chi connectivity index (χ4v) is 14.0. The predicted octanol–water partition coefficient (Wildman–Crippen LogP) is 15.9. The number of nitrogens with zero attached hydrogens (tertiary/aromatic N) is 2. The first kappa shape index (κ1) is 43.4. The molecule has 5 heteroatoms. The van der Waals surface area contributed by atoms with Crippen LogP contribution in [0.5, 0.6) is 0 Å². The fourth-order valence-electron chi connectivity index (χ4n) is 14.0. The highest BCUT2D eigenvalue weighted by Crippen LogP contribution is 2.61. The zero-order valence-electron chi connectivity index (χ0n) is 42.5. The molecular weight excluding hydrogens is 840 g/mol. The van der Waals surface area contributed by atoms with E-state index in [0.717, 1.165) is 62.2 Å². The van der Waals surface area contributed by atoms with Crippen LogP contribution >= 0.6 is 0 Å². The molecule has 1 fully saturated rings. The van der Waals surface area contributed by atoms with E-state index in [1.807, 2.05) is 0 Å². The van der Waals surface area contributed by atoms with Crippen molar-refractivity contribution in [1.29, 1.82) is 0 Å². The maximum absolute atomic E-state index is 7.26. The van der Waals surface area contributed by atoms with Gasteiger partial charge in [-0.1, -0.05) is 165 Å². The number of hydrogen-bond acceptors (Lipinski definition) is 4. The summed E-state index contributed by atoms with van der Waals surface area (Å²) in [5.41, 5.74) is 20.8. The van der Waals surface area contributed by atoms with Gasteiger partial charge in [0.2, 0.25) is 12.6 Å². The lowest BCUT2D eigenvalue weighted by Crippen LogP contribution is -2.59. The number of benzene rings is 3. The van der Waals surface area contributed by atoms with Crippen molar-refractivity contribution in [2.24, 2.45) is 16.7 Å². The monoisotopic (exact) mass is 909 g/mol. The van der Waals surface area contributed by atoms with E-state index in [-0.39, 0.29) is 52.8 Å². The molecule has 5 aliphatic carbocycles. The lowest BCUT2D eigenvalue weighted by Gasteiger charge is -2.52. The van der Waals surface area contributed by atoms with Gasteiger partial charge in [0.15, 0.2) is 0 Å². The van der Waals surface area contributed by atoms with Crippen molar-refractivity contribution in [3.05, 3.63) is 189 Å². The highest BCUT2D eigenvalue weighted by Gasteiger charge is 2.57. The largest absolute Gasteiger partial charge is 0.483 e. The van der Waals surface area contributed by atoms with Crippen LogP contribution in [0, 0.1) is 16.7 Å². The average molecular weight is 909 g/mol. The summed E-state index contributed by atoms with van der Waals surface area (Å²) in [5, 5.41) is 1.24. The number of hydrogen-bond donors (Lipinski definition) is 0. The van der Waals surface area contributed by atoms with Crippen molar-refractivity contribution in [3.8, 4) is 0 Å². The third kappa shape index (κ3) is 6.75. The van der Waals surface area contributed by atoms with Crippen LogP contribution in [-0.2, 0) is 16.6 Å². The molecule has 0 bridgehead atoms. The second-order valence-corrected chi connectivity index (χ2v) is 24.9. The van der Waals surface area contributed by atoms with Crippen LogP contribution in [-0.4, -0.2) is 18.9 Å². The number of anilines is 3. The van der Waals surface area contributed by atoms with Crippen LogP contribution in [0.15, 0.2) is 171 Å². The molecule has 4 aliphatic heterocycles. The summed E-state index contributed by atoms with van der Waals surface area (Å²) >= 11 is 0. The maximum atomic E-state index is 7.26. The third-order valence-corrected chi connectivity index (χ3v) is 17.5. The second-order valence-electron chi connectivity index (χ2n) is 24.9. The zero-order chi connectivity index (χ0) is 47.3. The van der Waals surface area contributed by atoms with Gasteiger partial charge in [-0.3, -0.25) is 0 Å². The normalized spacial score (nSPS) is 25.9. The van der Waals surface area contributed by atoms with Gasteiger partial charge in [-0.15, -0.1) is 0 Å². The molecule has 0 spiro atoms. The zero-order valence-corrected chi connectivity index (χ0v) is 42.5. The summed E-state index contributed by atoms with van der Waals surface area (Å²) in [6, 6.07) is 23.9. The number of rotatable bonds is 5. The molecule has 350 valence electrons. The Hall–Kier alpha value is -5.68. The molecule has 13 rings (SSSR count). The van der Waals surface area contributed by atoms with E-state index in [0.29, 0.717) is 5.92 Å². The van der Waals surface area contributed by atoms with Gasteiger partial charge in [0, 0.05) is 39.5 Å². The van der Waals surface area contributed by atoms with Crippen LogP contribution in [0.2, 0.25) is 5.82 Å². The Bertz CT molecular complexity index is 3140. The molecule has 9 aliphatic rings. The molecule has 0 N–H and O–H groups in total. The van der Waals surface area contributed by atoms with E-state index in [2.05, 4.69) is 194 Å². The Kier molecular flexibility index (Phi) is 9.68. The van der Waals surface area contributed by atoms with Gasteiger partial charge in [0.25, 0.3) is 0 Å². The first-order chi connectivity index (χ1) is 33.1. The van der Waals surface area contributed by atoms with Crippen molar-refractivity contribution in [2.45, 2.75) is 149 Å². The predicted molar refractivity (Wildman–Crippen MR) is 288 cm³/mol. The van der Waals surface area contributed by atoms with Crippen LogP contribution in [0.3, 0.4) is 0 Å². The molecule has 0 radical (unpaired) electrons. The quantitative estimate of drug-likeness (QED) is 0.187. The van der Waals surface area contributed by atoms with E-state index in [9.17, 15) is 0 Å². The fraction of sp³-hybridized carbons (Fsp3) is 0.406. The lowest BCUT2D eigenvalue weighted by molar-refractivity contribution is 0.164. The van der Waals surface area contributed by atoms with Crippen LogP contribution in [0.25, 0.3) is 11.0 Å².